The van der Waals surface area contributed by atoms with E-state index < -0.39 is 0 Å². The van der Waals surface area contributed by atoms with Gasteiger partial charge in [-0.1, -0.05) is 38.1 Å². The number of para-hydroxylation sites is 1. The Bertz CT molecular complexity index is 607. The third kappa shape index (κ3) is 3.16. The average molecular weight is 270 g/mol. The maximum absolute atomic E-state index is 12.5. The van der Waals surface area contributed by atoms with Crippen molar-refractivity contribution in [1.82, 2.24) is 9.88 Å². The zero-order chi connectivity index (χ0) is 14.7. The molecule has 20 heavy (non-hydrogen) atoms. The van der Waals surface area contributed by atoms with E-state index in [4.69, 9.17) is 0 Å². The molecule has 0 saturated heterocycles. The van der Waals surface area contributed by atoms with Gasteiger partial charge in [0.25, 0.3) is 5.91 Å². The summed E-state index contributed by atoms with van der Waals surface area (Å²) in [4.78, 5) is 18.7. The van der Waals surface area contributed by atoms with E-state index in [1.807, 2.05) is 43.4 Å². The molecule has 0 radical (unpaired) electrons. The van der Waals surface area contributed by atoms with E-state index >= 15 is 0 Å². The Balaban J connectivity index is 2.22. The first-order valence-corrected chi connectivity index (χ1v) is 7.12. The summed E-state index contributed by atoms with van der Waals surface area (Å²) in [6, 6.07) is 11.8. The summed E-state index contributed by atoms with van der Waals surface area (Å²) in [5.74, 6) is 0.564. The SMILES string of the molecule is CC(C)CC(C)N(C)C(=O)c1ccc2ccccc2n1. The van der Waals surface area contributed by atoms with Gasteiger partial charge in [-0.15, -0.1) is 0 Å². The number of nitrogens with zero attached hydrogens (tertiary/aromatic N) is 2. The van der Waals surface area contributed by atoms with Gasteiger partial charge in [0, 0.05) is 18.5 Å². The number of carbonyl (C=O) groups excluding carboxylic acids is 1. The first kappa shape index (κ1) is 14.5. The molecule has 1 amide bonds. The van der Waals surface area contributed by atoms with Crippen molar-refractivity contribution in [3.8, 4) is 0 Å². The third-order valence-electron chi connectivity index (χ3n) is 3.61. The number of pyridine rings is 1. The molecule has 1 aromatic carbocycles. The molecule has 0 spiro atoms. The highest BCUT2D eigenvalue weighted by Crippen LogP contribution is 2.15. The first-order chi connectivity index (χ1) is 9.49. The minimum Gasteiger partial charge on any atom is -0.338 e. The van der Waals surface area contributed by atoms with E-state index in [0.29, 0.717) is 11.6 Å². The molecule has 0 aliphatic heterocycles. The van der Waals surface area contributed by atoms with Crippen molar-refractivity contribution in [3.05, 3.63) is 42.1 Å². The van der Waals surface area contributed by atoms with Gasteiger partial charge in [0.1, 0.15) is 5.69 Å². The molecule has 0 saturated carbocycles. The number of fused-ring (bicyclic) bond motifs is 1. The molecule has 0 aliphatic carbocycles. The molecular weight excluding hydrogens is 248 g/mol. The Morgan fingerprint density at radius 2 is 1.85 bits per heavy atom. The standard InChI is InChI=1S/C17H22N2O/c1-12(2)11-13(3)19(4)17(20)16-10-9-14-7-5-6-8-15(14)18-16/h5-10,12-13H,11H2,1-4H3. The number of amides is 1. The van der Waals surface area contributed by atoms with E-state index in [2.05, 4.69) is 25.8 Å². The molecule has 106 valence electrons. The second-order valence-electron chi connectivity index (χ2n) is 5.78. The van der Waals surface area contributed by atoms with Crippen LogP contribution in [0.2, 0.25) is 0 Å². The van der Waals surface area contributed by atoms with Crippen molar-refractivity contribution in [2.24, 2.45) is 5.92 Å². The highest BCUT2D eigenvalue weighted by molar-refractivity contribution is 5.94. The summed E-state index contributed by atoms with van der Waals surface area (Å²) in [6.07, 6.45) is 0.996. The van der Waals surface area contributed by atoms with Gasteiger partial charge < -0.3 is 4.90 Å². The van der Waals surface area contributed by atoms with Gasteiger partial charge >= 0.3 is 0 Å². The van der Waals surface area contributed by atoms with Gasteiger partial charge in [0.2, 0.25) is 0 Å². The average Bonchev–Trinajstić information content (AvgIpc) is 2.44. The minimum atomic E-state index is -0.0103. The summed E-state index contributed by atoms with van der Waals surface area (Å²) in [5, 5.41) is 1.06. The molecule has 2 rings (SSSR count). The predicted octanol–water partition coefficient (Wildman–Crippen LogP) is 3.74. The Kier molecular flexibility index (Phi) is 4.38. The van der Waals surface area contributed by atoms with E-state index in [9.17, 15) is 4.79 Å². The van der Waals surface area contributed by atoms with Crippen LogP contribution in [0.1, 0.15) is 37.7 Å². The highest BCUT2D eigenvalue weighted by Gasteiger charge is 2.19. The van der Waals surface area contributed by atoms with Gasteiger partial charge in [-0.25, -0.2) is 4.98 Å². The fourth-order valence-corrected chi connectivity index (χ4v) is 2.41. The van der Waals surface area contributed by atoms with Crippen LogP contribution in [0.5, 0.6) is 0 Å². The van der Waals surface area contributed by atoms with Crippen LogP contribution in [-0.2, 0) is 0 Å². The summed E-state index contributed by atoms with van der Waals surface area (Å²) >= 11 is 0. The van der Waals surface area contributed by atoms with Crippen LogP contribution in [0.3, 0.4) is 0 Å². The van der Waals surface area contributed by atoms with Gasteiger partial charge in [-0.3, -0.25) is 4.79 Å². The van der Waals surface area contributed by atoms with E-state index in [1.165, 1.54) is 0 Å². The summed E-state index contributed by atoms with van der Waals surface area (Å²) < 4.78 is 0. The van der Waals surface area contributed by atoms with Crippen LogP contribution in [0.25, 0.3) is 10.9 Å². The zero-order valence-corrected chi connectivity index (χ0v) is 12.6. The van der Waals surface area contributed by atoms with Gasteiger partial charge in [-0.05, 0) is 31.4 Å². The molecule has 0 N–H and O–H groups in total. The third-order valence-corrected chi connectivity index (χ3v) is 3.61. The van der Waals surface area contributed by atoms with Crippen molar-refractivity contribution < 1.29 is 4.79 Å². The summed E-state index contributed by atoms with van der Waals surface area (Å²) in [6.45, 7) is 6.42. The lowest BCUT2D eigenvalue weighted by atomic mass is 10.0. The number of hydrogen-bond donors (Lipinski definition) is 0. The first-order valence-electron chi connectivity index (χ1n) is 7.12. The molecule has 0 aliphatic rings. The molecule has 1 aromatic heterocycles. The fourth-order valence-electron chi connectivity index (χ4n) is 2.41. The lowest BCUT2D eigenvalue weighted by Gasteiger charge is -2.26. The van der Waals surface area contributed by atoms with Crippen LogP contribution in [0.15, 0.2) is 36.4 Å². The van der Waals surface area contributed by atoms with Crippen LogP contribution in [0.4, 0.5) is 0 Å². The number of aromatic nitrogens is 1. The molecular formula is C17H22N2O. The molecule has 0 bridgehead atoms. The Morgan fingerprint density at radius 3 is 2.55 bits per heavy atom. The van der Waals surface area contributed by atoms with Crippen molar-refractivity contribution in [1.29, 1.82) is 0 Å². The molecule has 1 atom stereocenters. The second-order valence-corrected chi connectivity index (χ2v) is 5.78. The highest BCUT2D eigenvalue weighted by atomic mass is 16.2. The Morgan fingerprint density at radius 1 is 1.15 bits per heavy atom. The number of rotatable bonds is 4. The quantitative estimate of drug-likeness (QED) is 0.848. The Hall–Kier alpha value is -1.90. The van der Waals surface area contributed by atoms with E-state index in [-0.39, 0.29) is 11.9 Å². The fraction of sp³-hybridized carbons (Fsp3) is 0.412. The van der Waals surface area contributed by atoms with E-state index in [0.717, 1.165) is 17.3 Å². The largest absolute Gasteiger partial charge is 0.338 e. The van der Waals surface area contributed by atoms with Crippen molar-refractivity contribution in [3.63, 3.8) is 0 Å². The second kappa shape index (κ2) is 6.04. The van der Waals surface area contributed by atoms with Crippen molar-refractivity contribution in [2.75, 3.05) is 7.05 Å². The maximum Gasteiger partial charge on any atom is 0.272 e. The number of hydrogen-bond acceptors (Lipinski definition) is 2. The molecule has 0 fully saturated rings. The van der Waals surface area contributed by atoms with Gasteiger partial charge in [0.05, 0.1) is 5.52 Å². The van der Waals surface area contributed by atoms with Crippen LogP contribution in [0, 0.1) is 5.92 Å². The number of carbonyl (C=O) groups is 1. The lowest BCUT2D eigenvalue weighted by molar-refractivity contribution is 0.0722. The minimum absolute atomic E-state index is 0.0103. The van der Waals surface area contributed by atoms with Gasteiger partial charge in [-0.2, -0.15) is 0 Å². The van der Waals surface area contributed by atoms with Crippen LogP contribution >= 0.6 is 0 Å². The molecule has 1 unspecified atom stereocenters. The Labute approximate surface area is 120 Å². The van der Waals surface area contributed by atoms with E-state index in [1.54, 1.807) is 4.90 Å². The molecule has 3 heteroatoms. The van der Waals surface area contributed by atoms with Crippen LogP contribution in [-0.4, -0.2) is 28.9 Å². The normalized spacial score (nSPS) is 12.7. The van der Waals surface area contributed by atoms with Crippen LogP contribution < -0.4 is 0 Å². The molecule has 3 nitrogen and oxygen atoms in total. The molecule has 2 aromatic rings. The van der Waals surface area contributed by atoms with Gasteiger partial charge in [0.15, 0.2) is 0 Å². The number of benzene rings is 1. The van der Waals surface area contributed by atoms with Crippen molar-refractivity contribution >= 4 is 16.8 Å². The summed E-state index contributed by atoms with van der Waals surface area (Å²) in [5.41, 5.74) is 1.38. The molecule has 1 heterocycles. The lowest BCUT2D eigenvalue weighted by Crippen LogP contribution is -2.36. The monoisotopic (exact) mass is 270 g/mol. The summed E-state index contributed by atoms with van der Waals surface area (Å²) in [7, 11) is 1.85. The predicted molar refractivity (Wildman–Crippen MR) is 82.8 cm³/mol. The smallest absolute Gasteiger partial charge is 0.272 e. The maximum atomic E-state index is 12.5. The van der Waals surface area contributed by atoms with Crippen molar-refractivity contribution in [2.45, 2.75) is 33.2 Å². The topological polar surface area (TPSA) is 33.2 Å². The zero-order valence-electron chi connectivity index (χ0n) is 12.6.